The fourth-order valence-electron chi connectivity index (χ4n) is 3.12. The van der Waals surface area contributed by atoms with Crippen LogP contribution in [0.15, 0.2) is 18.5 Å². The van der Waals surface area contributed by atoms with E-state index in [2.05, 4.69) is 31.1 Å². The molecule has 2 rings (SSSR count). The maximum Gasteiger partial charge on any atom is 0.256 e. The normalized spacial score (nSPS) is 20.0. The first-order valence-corrected chi connectivity index (χ1v) is 7.84. The van der Waals surface area contributed by atoms with Gasteiger partial charge >= 0.3 is 0 Å². The summed E-state index contributed by atoms with van der Waals surface area (Å²) in [5, 5.41) is 3.05. The molecule has 1 amide bonds. The number of aromatic nitrogens is 1. The number of carbonyl (C=O) groups excluding carboxylic acids is 1. The average molecular weight is 289 g/mol. The third kappa shape index (κ3) is 3.74. The second kappa shape index (κ2) is 6.46. The smallest absolute Gasteiger partial charge is 0.256 e. The Morgan fingerprint density at radius 3 is 2.76 bits per heavy atom. The maximum absolute atomic E-state index is 12.7. The molecule has 1 aliphatic rings. The summed E-state index contributed by atoms with van der Waals surface area (Å²) in [6.45, 7) is 8.62. The molecule has 1 aliphatic heterocycles. The topological polar surface area (TPSA) is 45.2 Å². The van der Waals surface area contributed by atoms with Gasteiger partial charge in [0.15, 0.2) is 0 Å². The van der Waals surface area contributed by atoms with Crippen LogP contribution in [0.4, 0.5) is 5.69 Å². The molecule has 1 atom stereocenters. The van der Waals surface area contributed by atoms with Crippen LogP contribution in [-0.4, -0.2) is 35.9 Å². The Balaban J connectivity index is 2.10. The Kier molecular flexibility index (Phi) is 4.86. The fraction of sp³-hybridized carbons (Fsp3) is 0.647. The lowest BCUT2D eigenvalue weighted by molar-refractivity contribution is 0.0756. The van der Waals surface area contributed by atoms with Gasteiger partial charge in [-0.1, -0.05) is 20.8 Å². The van der Waals surface area contributed by atoms with Crippen molar-refractivity contribution in [1.29, 1.82) is 0 Å². The summed E-state index contributed by atoms with van der Waals surface area (Å²) >= 11 is 0. The second-order valence-electron chi connectivity index (χ2n) is 6.96. The van der Waals surface area contributed by atoms with E-state index in [1.807, 2.05) is 11.9 Å². The monoisotopic (exact) mass is 289 g/mol. The van der Waals surface area contributed by atoms with Gasteiger partial charge in [-0.2, -0.15) is 0 Å². The van der Waals surface area contributed by atoms with E-state index in [4.69, 9.17) is 0 Å². The molecular formula is C17H27N3O. The van der Waals surface area contributed by atoms with Crippen LogP contribution >= 0.6 is 0 Å². The van der Waals surface area contributed by atoms with E-state index in [1.54, 1.807) is 18.5 Å². The van der Waals surface area contributed by atoms with Gasteiger partial charge in [0, 0.05) is 26.3 Å². The first kappa shape index (κ1) is 15.8. The van der Waals surface area contributed by atoms with Crippen LogP contribution in [0.5, 0.6) is 0 Å². The third-order valence-corrected chi connectivity index (χ3v) is 4.56. The van der Waals surface area contributed by atoms with E-state index >= 15 is 0 Å². The lowest BCUT2D eigenvalue weighted by Crippen LogP contribution is -2.33. The van der Waals surface area contributed by atoms with Crippen molar-refractivity contribution in [3.8, 4) is 0 Å². The Labute approximate surface area is 127 Å². The molecule has 4 heteroatoms. The standard InChI is InChI=1S/C17H27N3O/c1-17(2,3)13-6-5-10-20(11-8-13)16(21)14-7-9-19-12-15(14)18-4/h7,9,12-13,18H,5-6,8,10-11H2,1-4H3. The lowest BCUT2D eigenvalue weighted by Gasteiger charge is -2.29. The van der Waals surface area contributed by atoms with Crippen molar-refractivity contribution in [2.75, 3.05) is 25.5 Å². The summed E-state index contributed by atoms with van der Waals surface area (Å²) in [5.41, 5.74) is 1.85. The molecule has 0 spiro atoms. The molecule has 1 aromatic heterocycles. The first-order chi connectivity index (χ1) is 9.93. The molecule has 0 radical (unpaired) electrons. The van der Waals surface area contributed by atoms with Crippen LogP contribution in [0, 0.1) is 11.3 Å². The van der Waals surface area contributed by atoms with Crippen molar-refractivity contribution in [3.63, 3.8) is 0 Å². The Bertz CT molecular complexity index is 493. The highest BCUT2D eigenvalue weighted by Gasteiger charge is 2.29. The van der Waals surface area contributed by atoms with Gasteiger partial charge < -0.3 is 10.2 Å². The van der Waals surface area contributed by atoms with Crippen molar-refractivity contribution < 1.29 is 4.79 Å². The van der Waals surface area contributed by atoms with E-state index in [0.29, 0.717) is 11.3 Å². The number of hydrogen-bond acceptors (Lipinski definition) is 3. The molecule has 21 heavy (non-hydrogen) atoms. The van der Waals surface area contributed by atoms with Crippen LogP contribution in [0.25, 0.3) is 0 Å². The first-order valence-electron chi connectivity index (χ1n) is 7.84. The van der Waals surface area contributed by atoms with Gasteiger partial charge in [-0.25, -0.2) is 0 Å². The maximum atomic E-state index is 12.7. The van der Waals surface area contributed by atoms with Gasteiger partial charge in [-0.05, 0) is 36.7 Å². The van der Waals surface area contributed by atoms with Crippen LogP contribution < -0.4 is 5.32 Å². The molecule has 1 unspecified atom stereocenters. The molecule has 116 valence electrons. The van der Waals surface area contributed by atoms with Gasteiger partial charge in [-0.15, -0.1) is 0 Å². The van der Waals surface area contributed by atoms with Crippen LogP contribution in [0.2, 0.25) is 0 Å². The van der Waals surface area contributed by atoms with E-state index < -0.39 is 0 Å². The largest absolute Gasteiger partial charge is 0.386 e. The van der Waals surface area contributed by atoms with Gasteiger partial charge in [0.1, 0.15) is 0 Å². The predicted molar refractivity (Wildman–Crippen MR) is 86.5 cm³/mol. The molecule has 0 bridgehead atoms. The van der Waals surface area contributed by atoms with Crippen molar-refractivity contribution in [3.05, 3.63) is 24.0 Å². The van der Waals surface area contributed by atoms with Gasteiger partial charge in [0.05, 0.1) is 17.4 Å². The zero-order chi connectivity index (χ0) is 15.5. The predicted octanol–water partition coefficient (Wildman–Crippen LogP) is 3.41. The van der Waals surface area contributed by atoms with Crippen LogP contribution in [-0.2, 0) is 0 Å². The fourth-order valence-corrected chi connectivity index (χ4v) is 3.12. The van der Waals surface area contributed by atoms with Crippen LogP contribution in [0.1, 0.15) is 50.4 Å². The minimum absolute atomic E-state index is 0.122. The Hall–Kier alpha value is -1.58. The number of nitrogens with zero attached hydrogens (tertiary/aromatic N) is 2. The highest BCUT2D eigenvalue weighted by Crippen LogP contribution is 2.34. The van der Waals surface area contributed by atoms with E-state index in [-0.39, 0.29) is 5.91 Å². The molecule has 0 saturated carbocycles. The van der Waals surface area contributed by atoms with E-state index in [1.165, 1.54) is 6.42 Å². The van der Waals surface area contributed by atoms with Gasteiger partial charge in [-0.3, -0.25) is 9.78 Å². The number of hydrogen-bond donors (Lipinski definition) is 1. The number of anilines is 1. The average Bonchev–Trinajstić information content (AvgIpc) is 2.72. The van der Waals surface area contributed by atoms with Gasteiger partial charge in [0.25, 0.3) is 5.91 Å². The minimum atomic E-state index is 0.122. The summed E-state index contributed by atoms with van der Waals surface area (Å²) < 4.78 is 0. The van der Waals surface area contributed by atoms with E-state index in [0.717, 1.165) is 37.2 Å². The zero-order valence-electron chi connectivity index (χ0n) is 13.6. The lowest BCUT2D eigenvalue weighted by atomic mass is 9.77. The number of nitrogens with one attached hydrogen (secondary N) is 1. The molecule has 1 saturated heterocycles. The van der Waals surface area contributed by atoms with Gasteiger partial charge in [0.2, 0.25) is 0 Å². The molecular weight excluding hydrogens is 262 g/mol. The second-order valence-corrected chi connectivity index (χ2v) is 6.96. The molecule has 0 aliphatic carbocycles. The SMILES string of the molecule is CNc1cnccc1C(=O)N1CCCC(C(C)(C)C)CC1. The number of carbonyl (C=O) groups is 1. The number of likely N-dealkylation sites (tertiary alicyclic amines) is 1. The molecule has 1 fully saturated rings. The van der Waals surface area contributed by atoms with Crippen molar-refractivity contribution in [2.45, 2.75) is 40.0 Å². The molecule has 1 N–H and O–H groups in total. The zero-order valence-corrected chi connectivity index (χ0v) is 13.6. The summed E-state index contributed by atoms with van der Waals surface area (Å²) in [7, 11) is 1.83. The van der Waals surface area contributed by atoms with Crippen LogP contribution in [0.3, 0.4) is 0 Å². The Morgan fingerprint density at radius 1 is 1.33 bits per heavy atom. The number of amides is 1. The van der Waals surface area contributed by atoms with Crippen molar-refractivity contribution >= 4 is 11.6 Å². The molecule has 1 aromatic rings. The summed E-state index contributed by atoms with van der Waals surface area (Å²) in [4.78, 5) is 18.8. The highest BCUT2D eigenvalue weighted by atomic mass is 16.2. The van der Waals surface area contributed by atoms with E-state index in [9.17, 15) is 4.79 Å². The number of rotatable bonds is 2. The van der Waals surface area contributed by atoms with Crippen molar-refractivity contribution in [2.24, 2.45) is 11.3 Å². The highest BCUT2D eigenvalue weighted by molar-refractivity contribution is 5.99. The molecule has 2 heterocycles. The molecule has 4 nitrogen and oxygen atoms in total. The Morgan fingerprint density at radius 2 is 2.10 bits per heavy atom. The summed E-state index contributed by atoms with van der Waals surface area (Å²) in [6, 6.07) is 1.81. The minimum Gasteiger partial charge on any atom is -0.386 e. The summed E-state index contributed by atoms with van der Waals surface area (Å²) in [6.07, 6.45) is 6.79. The molecule has 0 aromatic carbocycles. The quantitative estimate of drug-likeness (QED) is 0.907. The summed E-state index contributed by atoms with van der Waals surface area (Å²) in [5.74, 6) is 0.813. The van der Waals surface area contributed by atoms with Crippen molar-refractivity contribution in [1.82, 2.24) is 9.88 Å². The number of pyridine rings is 1. The third-order valence-electron chi connectivity index (χ3n) is 4.56.